The van der Waals surface area contributed by atoms with Gasteiger partial charge in [-0.2, -0.15) is 0 Å². The summed E-state index contributed by atoms with van der Waals surface area (Å²) in [5.74, 6) is -0.0651. The third kappa shape index (κ3) is 3.98. The zero-order valence-corrected chi connectivity index (χ0v) is 10.8. The van der Waals surface area contributed by atoms with Gasteiger partial charge in [0.15, 0.2) is 11.6 Å². The number of nitrogens with one attached hydrogen (secondary N) is 1. The Morgan fingerprint density at radius 2 is 2.00 bits per heavy atom. The summed E-state index contributed by atoms with van der Waals surface area (Å²) in [6.45, 7) is 4.70. The number of rotatable bonds is 6. The van der Waals surface area contributed by atoms with Crippen LogP contribution in [-0.2, 0) is 4.74 Å². The fraction of sp³-hybridized carbons (Fsp3) is 0.538. The molecule has 0 amide bonds. The molecule has 0 aliphatic heterocycles. The van der Waals surface area contributed by atoms with Crippen LogP contribution in [0.2, 0.25) is 0 Å². The van der Waals surface area contributed by atoms with E-state index in [-0.39, 0.29) is 23.7 Å². The second-order valence-corrected chi connectivity index (χ2v) is 4.07. The molecule has 0 spiro atoms. The maximum Gasteiger partial charge on any atom is 0.165 e. The summed E-state index contributed by atoms with van der Waals surface area (Å²) in [7, 11) is 3.13. The van der Waals surface area contributed by atoms with E-state index in [1.54, 1.807) is 13.2 Å². The number of methoxy groups -OCH3 is 2. The maximum atomic E-state index is 13.5. The van der Waals surface area contributed by atoms with Crippen molar-refractivity contribution >= 4 is 0 Å². The van der Waals surface area contributed by atoms with Gasteiger partial charge in [0.2, 0.25) is 0 Å². The van der Waals surface area contributed by atoms with Crippen molar-refractivity contribution in [3.63, 3.8) is 0 Å². The molecule has 3 nitrogen and oxygen atoms in total. The van der Waals surface area contributed by atoms with E-state index >= 15 is 0 Å². The molecule has 1 aromatic rings. The zero-order valence-electron chi connectivity index (χ0n) is 10.8. The SMILES string of the molecule is COc1ccc(C(C)NCC(C)OC)cc1F. The smallest absolute Gasteiger partial charge is 0.165 e. The molecule has 0 heterocycles. The second-order valence-electron chi connectivity index (χ2n) is 4.07. The Hall–Kier alpha value is -1.13. The molecular formula is C13H20FNO2. The molecule has 0 radical (unpaired) electrons. The van der Waals surface area contributed by atoms with E-state index in [0.717, 1.165) is 12.1 Å². The zero-order chi connectivity index (χ0) is 12.8. The molecule has 0 aliphatic carbocycles. The van der Waals surface area contributed by atoms with Gasteiger partial charge in [-0.1, -0.05) is 6.07 Å². The third-order valence-corrected chi connectivity index (χ3v) is 2.79. The summed E-state index contributed by atoms with van der Waals surface area (Å²) in [6, 6.07) is 5.07. The van der Waals surface area contributed by atoms with Gasteiger partial charge in [-0.3, -0.25) is 0 Å². The second kappa shape index (κ2) is 6.57. The summed E-state index contributed by atoms with van der Waals surface area (Å²) in [5, 5.41) is 3.28. The van der Waals surface area contributed by atoms with Crippen LogP contribution in [0.25, 0.3) is 0 Å². The first-order valence-electron chi connectivity index (χ1n) is 5.68. The molecule has 0 aromatic heterocycles. The summed E-state index contributed by atoms with van der Waals surface area (Å²) in [6.07, 6.45) is 0.139. The number of halogens is 1. The Bertz CT molecular complexity index is 357. The molecule has 0 saturated heterocycles. The molecule has 0 aliphatic rings. The van der Waals surface area contributed by atoms with Crippen molar-refractivity contribution in [3.05, 3.63) is 29.6 Å². The van der Waals surface area contributed by atoms with Crippen LogP contribution < -0.4 is 10.1 Å². The number of benzene rings is 1. The topological polar surface area (TPSA) is 30.5 Å². The Morgan fingerprint density at radius 3 is 2.53 bits per heavy atom. The van der Waals surface area contributed by atoms with Crippen LogP contribution in [0.1, 0.15) is 25.5 Å². The van der Waals surface area contributed by atoms with Crippen molar-refractivity contribution in [1.29, 1.82) is 0 Å². The first-order chi connectivity index (χ1) is 8.08. The minimum atomic E-state index is -0.335. The van der Waals surface area contributed by atoms with Gasteiger partial charge in [0.1, 0.15) is 0 Å². The fourth-order valence-electron chi connectivity index (χ4n) is 1.50. The van der Waals surface area contributed by atoms with E-state index in [4.69, 9.17) is 9.47 Å². The van der Waals surface area contributed by atoms with Gasteiger partial charge in [-0.05, 0) is 31.5 Å². The molecule has 4 heteroatoms. The van der Waals surface area contributed by atoms with Gasteiger partial charge in [0.25, 0.3) is 0 Å². The lowest BCUT2D eigenvalue weighted by molar-refractivity contribution is 0.115. The van der Waals surface area contributed by atoms with Gasteiger partial charge in [-0.25, -0.2) is 4.39 Å². The Kier molecular flexibility index (Phi) is 5.38. The molecule has 2 unspecified atom stereocenters. The molecule has 17 heavy (non-hydrogen) atoms. The lowest BCUT2D eigenvalue weighted by Gasteiger charge is -2.17. The molecule has 1 N–H and O–H groups in total. The maximum absolute atomic E-state index is 13.5. The van der Waals surface area contributed by atoms with E-state index in [1.807, 2.05) is 19.9 Å². The first kappa shape index (κ1) is 13.9. The summed E-state index contributed by atoms with van der Waals surface area (Å²) in [5.41, 5.74) is 0.895. The average molecular weight is 241 g/mol. The average Bonchev–Trinajstić information content (AvgIpc) is 2.35. The molecule has 2 atom stereocenters. The molecule has 96 valence electrons. The van der Waals surface area contributed by atoms with E-state index in [1.165, 1.54) is 13.2 Å². The van der Waals surface area contributed by atoms with Crippen LogP contribution in [0.4, 0.5) is 4.39 Å². The molecule has 0 fully saturated rings. The van der Waals surface area contributed by atoms with Gasteiger partial charge in [0, 0.05) is 19.7 Å². The minimum absolute atomic E-state index is 0.0769. The highest BCUT2D eigenvalue weighted by Gasteiger charge is 2.10. The van der Waals surface area contributed by atoms with E-state index < -0.39 is 0 Å². The minimum Gasteiger partial charge on any atom is -0.494 e. The Balaban J connectivity index is 2.63. The highest BCUT2D eigenvalue weighted by molar-refractivity contribution is 5.30. The van der Waals surface area contributed by atoms with E-state index in [9.17, 15) is 4.39 Å². The number of hydrogen-bond acceptors (Lipinski definition) is 3. The third-order valence-electron chi connectivity index (χ3n) is 2.79. The van der Waals surface area contributed by atoms with Crippen LogP contribution in [0, 0.1) is 5.82 Å². The van der Waals surface area contributed by atoms with Crippen molar-refractivity contribution in [2.24, 2.45) is 0 Å². The molecule has 0 saturated carbocycles. The van der Waals surface area contributed by atoms with Crippen molar-refractivity contribution in [3.8, 4) is 5.75 Å². The van der Waals surface area contributed by atoms with Crippen LogP contribution in [-0.4, -0.2) is 26.9 Å². The molecule has 0 bridgehead atoms. The van der Waals surface area contributed by atoms with Gasteiger partial charge >= 0.3 is 0 Å². The first-order valence-corrected chi connectivity index (χ1v) is 5.68. The predicted molar refractivity (Wildman–Crippen MR) is 65.8 cm³/mol. The Morgan fingerprint density at radius 1 is 1.29 bits per heavy atom. The fourth-order valence-corrected chi connectivity index (χ4v) is 1.50. The van der Waals surface area contributed by atoms with Gasteiger partial charge in [-0.15, -0.1) is 0 Å². The summed E-state index contributed by atoms with van der Waals surface area (Å²) >= 11 is 0. The van der Waals surface area contributed by atoms with Crippen molar-refractivity contribution in [1.82, 2.24) is 5.32 Å². The quantitative estimate of drug-likeness (QED) is 0.830. The van der Waals surface area contributed by atoms with Crippen LogP contribution in [0.5, 0.6) is 5.75 Å². The van der Waals surface area contributed by atoms with Crippen molar-refractivity contribution in [2.45, 2.75) is 26.0 Å². The lowest BCUT2D eigenvalue weighted by atomic mass is 10.1. The largest absolute Gasteiger partial charge is 0.494 e. The van der Waals surface area contributed by atoms with E-state index in [0.29, 0.717) is 0 Å². The van der Waals surface area contributed by atoms with Crippen molar-refractivity contribution in [2.75, 3.05) is 20.8 Å². The standard InChI is InChI=1S/C13H20FNO2/c1-9(16-3)8-15-10(2)11-5-6-13(17-4)12(14)7-11/h5-7,9-10,15H,8H2,1-4H3. The van der Waals surface area contributed by atoms with Gasteiger partial charge < -0.3 is 14.8 Å². The van der Waals surface area contributed by atoms with Crippen LogP contribution in [0.15, 0.2) is 18.2 Å². The molecule has 1 rings (SSSR count). The van der Waals surface area contributed by atoms with Crippen LogP contribution in [0.3, 0.4) is 0 Å². The normalized spacial score (nSPS) is 14.4. The highest BCUT2D eigenvalue weighted by Crippen LogP contribution is 2.21. The van der Waals surface area contributed by atoms with Gasteiger partial charge in [0.05, 0.1) is 13.2 Å². The monoisotopic (exact) mass is 241 g/mol. The molecular weight excluding hydrogens is 221 g/mol. The number of ether oxygens (including phenoxy) is 2. The van der Waals surface area contributed by atoms with Crippen molar-refractivity contribution < 1.29 is 13.9 Å². The van der Waals surface area contributed by atoms with Crippen LogP contribution >= 0.6 is 0 Å². The van der Waals surface area contributed by atoms with E-state index in [2.05, 4.69) is 5.32 Å². The summed E-state index contributed by atoms with van der Waals surface area (Å²) in [4.78, 5) is 0. The summed E-state index contributed by atoms with van der Waals surface area (Å²) < 4.78 is 23.5. The Labute approximate surface area is 102 Å². The highest BCUT2D eigenvalue weighted by atomic mass is 19.1. The lowest BCUT2D eigenvalue weighted by Crippen LogP contribution is -2.28. The number of hydrogen-bond donors (Lipinski definition) is 1. The predicted octanol–water partition coefficient (Wildman–Crippen LogP) is 2.52. The molecule has 1 aromatic carbocycles.